The molecule has 0 spiro atoms. The number of rotatable bonds is 5. The molecule has 1 aromatic rings. The molecule has 0 saturated heterocycles. The monoisotopic (exact) mass is 240 g/mol. The van der Waals surface area contributed by atoms with Gasteiger partial charge in [-0.2, -0.15) is 5.26 Å². The molecule has 2 N–H and O–H groups in total. The molecule has 0 heterocycles. The second kappa shape index (κ2) is 6.33. The van der Waals surface area contributed by atoms with Crippen molar-refractivity contribution in [3.63, 3.8) is 0 Å². The van der Waals surface area contributed by atoms with E-state index >= 15 is 0 Å². The summed E-state index contributed by atoms with van der Waals surface area (Å²) in [6.07, 6.45) is 0. The van der Waals surface area contributed by atoms with Crippen molar-refractivity contribution < 1.29 is 9.84 Å². The highest BCUT2D eigenvalue weighted by molar-refractivity contribution is 6.32. The van der Waals surface area contributed by atoms with E-state index in [0.717, 1.165) is 5.56 Å². The van der Waals surface area contributed by atoms with Crippen LogP contribution in [0, 0.1) is 11.3 Å². The van der Waals surface area contributed by atoms with E-state index in [1.807, 2.05) is 0 Å². The first-order valence-corrected chi connectivity index (χ1v) is 5.18. The zero-order valence-corrected chi connectivity index (χ0v) is 9.66. The van der Waals surface area contributed by atoms with E-state index < -0.39 is 6.04 Å². The molecule has 0 radical (unpaired) electrons. The highest BCUT2D eigenvalue weighted by Crippen LogP contribution is 2.27. The maximum atomic E-state index is 8.96. The normalized spacial score (nSPS) is 11.9. The summed E-state index contributed by atoms with van der Waals surface area (Å²) in [4.78, 5) is 0. The van der Waals surface area contributed by atoms with Crippen LogP contribution < -0.4 is 10.1 Å². The summed E-state index contributed by atoms with van der Waals surface area (Å²) in [5, 5.41) is 21.0. The molecule has 1 atom stereocenters. The smallest absolute Gasteiger partial charge is 0.137 e. The van der Waals surface area contributed by atoms with E-state index in [0.29, 0.717) is 17.3 Å². The van der Waals surface area contributed by atoms with Gasteiger partial charge in [0.1, 0.15) is 11.8 Å². The Morgan fingerprint density at radius 1 is 1.62 bits per heavy atom. The second-order valence-electron chi connectivity index (χ2n) is 3.13. The van der Waals surface area contributed by atoms with Crippen LogP contribution >= 0.6 is 11.6 Å². The molecule has 0 saturated carbocycles. The van der Waals surface area contributed by atoms with Crippen molar-refractivity contribution in [3.8, 4) is 11.8 Å². The van der Waals surface area contributed by atoms with E-state index in [1.54, 1.807) is 18.2 Å². The highest BCUT2D eigenvalue weighted by atomic mass is 35.5. The number of hydrogen-bond donors (Lipinski definition) is 2. The van der Waals surface area contributed by atoms with E-state index in [2.05, 4.69) is 11.4 Å². The van der Waals surface area contributed by atoms with Gasteiger partial charge < -0.3 is 9.84 Å². The van der Waals surface area contributed by atoms with Gasteiger partial charge in [-0.05, 0) is 17.7 Å². The molecule has 0 bridgehead atoms. The van der Waals surface area contributed by atoms with Crippen molar-refractivity contribution in [1.29, 1.82) is 5.26 Å². The third kappa shape index (κ3) is 3.11. The Bertz CT molecular complexity index is 390. The lowest BCUT2D eigenvalue weighted by atomic mass is 10.1. The first-order valence-electron chi connectivity index (χ1n) is 4.80. The summed E-state index contributed by atoms with van der Waals surface area (Å²) < 4.78 is 5.02. The van der Waals surface area contributed by atoms with Crippen LogP contribution in [0.4, 0.5) is 0 Å². The summed E-state index contributed by atoms with van der Waals surface area (Å²) in [5.41, 5.74) is 0.752. The summed E-state index contributed by atoms with van der Waals surface area (Å²) in [6, 6.07) is 6.78. The van der Waals surface area contributed by atoms with Gasteiger partial charge in [0.05, 0.1) is 24.8 Å². The van der Waals surface area contributed by atoms with Crippen LogP contribution in [0.3, 0.4) is 0 Å². The Kier molecular flexibility index (Phi) is 5.06. The average molecular weight is 241 g/mol. The van der Waals surface area contributed by atoms with Crippen LogP contribution in [-0.2, 0) is 0 Å². The Morgan fingerprint density at radius 3 is 2.88 bits per heavy atom. The molecular formula is C11H13ClN2O2. The van der Waals surface area contributed by atoms with Gasteiger partial charge in [0, 0.05) is 6.54 Å². The van der Waals surface area contributed by atoms with Crippen LogP contribution in [0.2, 0.25) is 5.02 Å². The molecule has 0 fully saturated rings. The minimum absolute atomic E-state index is 0.0118. The molecule has 86 valence electrons. The lowest BCUT2D eigenvalue weighted by molar-refractivity contribution is 0.289. The largest absolute Gasteiger partial charge is 0.495 e. The summed E-state index contributed by atoms with van der Waals surface area (Å²) >= 11 is 5.95. The topological polar surface area (TPSA) is 65.3 Å². The zero-order valence-electron chi connectivity index (χ0n) is 8.90. The quantitative estimate of drug-likeness (QED) is 0.819. The number of aliphatic hydroxyl groups excluding tert-OH is 1. The van der Waals surface area contributed by atoms with Crippen LogP contribution in [0.1, 0.15) is 11.6 Å². The lowest BCUT2D eigenvalue weighted by Gasteiger charge is -2.12. The molecule has 4 nitrogen and oxygen atoms in total. The maximum absolute atomic E-state index is 8.96. The molecular weight excluding hydrogens is 228 g/mol. The Morgan fingerprint density at radius 2 is 2.38 bits per heavy atom. The molecule has 0 aromatic heterocycles. The van der Waals surface area contributed by atoms with E-state index in [1.165, 1.54) is 7.11 Å². The van der Waals surface area contributed by atoms with Crippen LogP contribution in [-0.4, -0.2) is 25.4 Å². The van der Waals surface area contributed by atoms with Gasteiger partial charge in [0.2, 0.25) is 0 Å². The number of halogens is 1. The fourth-order valence-electron chi connectivity index (χ4n) is 1.31. The number of hydrogen-bond acceptors (Lipinski definition) is 4. The molecule has 0 aliphatic heterocycles. The van der Waals surface area contributed by atoms with E-state index in [4.69, 9.17) is 26.7 Å². The third-order valence-corrected chi connectivity index (χ3v) is 2.39. The van der Waals surface area contributed by atoms with Gasteiger partial charge in [0.15, 0.2) is 0 Å². The molecule has 0 aliphatic carbocycles. The summed E-state index contributed by atoms with van der Waals surface area (Å²) in [7, 11) is 1.53. The number of ether oxygens (including phenoxy) is 1. The van der Waals surface area contributed by atoms with Gasteiger partial charge in [-0.3, -0.25) is 5.32 Å². The second-order valence-corrected chi connectivity index (χ2v) is 3.54. The number of nitrogens with one attached hydrogen (secondary N) is 1. The number of nitrogens with zero attached hydrogens (tertiary/aromatic N) is 1. The molecule has 0 amide bonds. The van der Waals surface area contributed by atoms with Crippen molar-refractivity contribution in [2.24, 2.45) is 0 Å². The fourth-order valence-corrected chi connectivity index (χ4v) is 1.58. The predicted molar refractivity (Wildman–Crippen MR) is 61.4 cm³/mol. The van der Waals surface area contributed by atoms with Gasteiger partial charge in [-0.25, -0.2) is 0 Å². The third-order valence-electron chi connectivity index (χ3n) is 2.10. The van der Waals surface area contributed by atoms with E-state index in [9.17, 15) is 0 Å². The Balaban J connectivity index is 2.86. The predicted octanol–water partition coefficient (Wildman–Crippen LogP) is 1.50. The molecule has 5 heteroatoms. The fraction of sp³-hybridized carbons (Fsp3) is 0.364. The van der Waals surface area contributed by atoms with Crippen LogP contribution in [0.5, 0.6) is 5.75 Å². The van der Waals surface area contributed by atoms with Crippen molar-refractivity contribution in [2.45, 2.75) is 6.04 Å². The minimum atomic E-state index is -0.476. The van der Waals surface area contributed by atoms with Crippen molar-refractivity contribution in [3.05, 3.63) is 28.8 Å². The first kappa shape index (κ1) is 12.8. The Hall–Kier alpha value is -1.28. The molecule has 1 rings (SSSR count). The summed E-state index contributed by atoms with van der Waals surface area (Å²) in [6.45, 7) is 0.351. The number of aliphatic hydroxyl groups is 1. The van der Waals surface area contributed by atoms with Gasteiger partial charge in [-0.15, -0.1) is 0 Å². The van der Waals surface area contributed by atoms with Crippen molar-refractivity contribution in [1.82, 2.24) is 5.32 Å². The SMILES string of the molecule is COc1ccc(C(C#N)NCCO)cc1Cl. The minimum Gasteiger partial charge on any atom is -0.495 e. The highest BCUT2D eigenvalue weighted by Gasteiger charge is 2.11. The lowest BCUT2D eigenvalue weighted by Crippen LogP contribution is -2.23. The first-order chi connectivity index (χ1) is 7.72. The summed E-state index contributed by atoms with van der Waals surface area (Å²) in [5.74, 6) is 0.573. The van der Waals surface area contributed by atoms with Gasteiger partial charge in [-0.1, -0.05) is 17.7 Å². The average Bonchev–Trinajstić information content (AvgIpc) is 2.30. The van der Waals surface area contributed by atoms with E-state index in [-0.39, 0.29) is 6.61 Å². The van der Waals surface area contributed by atoms with Crippen molar-refractivity contribution in [2.75, 3.05) is 20.3 Å². The number of nitriles is 1. The van der Waals surface area contributed by atoms with Crippen LogP contribution in [0.25, 0.3) is 0 Å². The van der Waals surface area contributed by atoms with Gasteiger partial charge >= 0.3 is 0 Å². The number of benzene rings is 1. The molecule has 1 aromatic carbocycles. The van der Waals surface area contributed by atoms with Crippen LogP contribution in [0.15, 0.2) is 18.2 Å². The maximum Gasteiger partial charge on any atom is 0.137 e. The number of methoxy groups -OCH3 is 1. The van der Waals surface area contributed by atoms with Gasteiger partial charge in [0.25, 0.3) is 0 Å². The zero-order chi connectivity index (χ0) is 12.0. The molecule has 1 unspecified atom stereocenters. The molecule has 0 aliphatic rings. The molecule has 16 heavy (non-hydrogen) atoms. The standard InChI is InChI=1S/C11H13ClN2O2/c1-16-11-3-2-8(6-9(11)12)10(7-13)14-4-5-15/h2-3,6,10,14-15H,4-5H2,1H3. The Labute approximate surface area is 99.4 Å². The van der Waals surface area contributed by atoms with Crippen molar-refractivity contribution >= 4 is 11.6 Å².